The summed E-state index contributed by atoms with van der Waals surface area (Å²) in [6.07, 6.45) is 10.8. The molecule has 4 saturated carbocycles. The van der Waals surface area contributed by atoms with Gasteiger partial charge in [0, 0.05) is 18.0 Å². The lowest BCUT2D eigenvalue weighted by atomic mass is 9.60. The van der Waals surface area contributed by atoms with Crippen LogP contribution in [-0.4, -0.2) is 30.7 Å². The standard InChI is InChI=1S/C24H31ClN4O2S/c1-24-7-6-17-8-16(11-24)9-18(12-24)21(17)28-22-20(25)13-26-23(29-22)27-19-5-3-4-15(10-19)14-32(2,30)31/h3-5,10,13,16-18,21H,6-9,11-12,14H2,1-2H3,(H2,26,27,28,29). The van der Waals surface area contributed by atoms with Gasteiger partial charge in [0.2, 0.25) is 5.95 Å². The molecule has 5 atom stereocenters. The molecule has 4 fully saturated rings. The van der Waals surface area contributed by atoms with E-state index >= 15 is 0 Å². The summed E-state index contributed by atoms with van der Waals surface area (Å²) < 4.78 is 23.2. The van der Waals surface area contributed by atoms with Crippen LogP contribution in [0.5, 0.6) is 0 Å². The highest BCUT2D eigenvalue weighted by atomic mass is 35.5. The van der Waals surface area contributed by atoms with Gasteiger partial charge in [0.1, 0.15) is 5.02 Å². The van der Waals surface area contributed by atoms with Gasteiger partial charge in [-0.05, 0) is 79.4 Å². The Morgan fingerprint density at radius 1 is 1.22 bits per heavy atom. The number of hydrogen-bond acceptors (Lipinski definition) is 6. The minimum Gasteiger partial charge on any atom is -0.365 e. The summed E-state index contributed by atoms with van der Waals surface area (Å²) in [5, 5.41) is 7.45. The van der Waals surface area contributed by atoms with Crippen molar-refractivity contribution in [3.05, 3.63) is 41.0 Å². The van der Waals surface area contributed by atoms with E-state index in [9.17, 15) is 8.42 Å². The monoisotopic (exact) mass is 474 g/mol. The molecule has 2 aromatic rings. The fraction of sp³-hybridized carbons (Fsp3) is 0.583. The molecule has 5 unspecified atom stereocenters. The number of fused-ring (bicyclic) bond motifs is 1. The molecular weight excluding hydrogens is 444 g/mol. The smallest absolute Gasteiger partial charge is 0.229 e. The molecule has 32 heavy (non-hydrogen) atoms. The second kappa shape index (κ2) is 8.17. The van der Waals surface area contributed by atoms with Crippen molar-refractivity contribution in [1.29, 1.82) is 0 Å². The predicted octanol–water partition coefficient (Wildman–Crippen LogP) is 5.44. The summed E-state index contributed by atoms with van der Waals surface area (Å²) in [6.45, 7) is 2.48. The maximum Gasteiger partial charge on any atom is 0.229 e. The summed E-state index contributed by atoms with van der Waals surface area (Å²) in [5.74, 6) is 3.36. The third-order valence-electron chi connectivity index (χ3n) is 7.60. The van der Waals surface area contributed by atoms with Gasteiger partial charge >= 0.3 is 0 Å². The van der Waals surface area contributed by atoms with E-state index in [1.807, 2.05) is 18.2 Å². The number of aromatic nitrogens is 2. The van der Waals surface area contributed by atoms with E-state index in [-0.39, 0.29) is 5.75 Å². The lowest BCUT2D eigenvalue weighted by Crippen LogP contribution is -2.45. The van der Waals surface area contributed by atoms with Gasteiger partial charge < -0.3 is 10.6 Å². The van der Waals surface area contributed by atoms with Crippen LogP contribution in [0.4, 0.5) is 17.5 Å². The van der Waals surface area contributed by atoms with E-state index < -0.39 is 9.84 Å². The third kappa shape index (κ3) is 4.74. The molecule has 0 aliphatic heterocycles. The van der Waals surface area contributed by atoms with Crippen molar-refractivity contribution in [2.45, 2.75) is 57.2 Å². The molecule has 1 heterocycles. The van der Waals surface area contributed by atoms with Crippen molar-refractivity contribution in [1.82, 2.24) is 9.97 Å². The van der Waals surface area contributed by atoms with Gasteiger partial charge in [0.25, 0.3) is 0 Å². The van der Waals surface area contributed by atoms with Gasteiger partial charge in [-0.1, -0.05) is 30.7 Å². The van der Waals surface area contributed by atoms with E-state index in [1.165, 1.54) is 44.8 Å². The van der Waals surface area contributed by atoms with Gasteiger partial charge in [0.05, 0.1) is 11.9 Å². The zero-order valence-corrected chi connectivity index (χ0v) is 20.2. The Labute approximate surface area is 195 Å². The molecule has 4 aliphatic rings. The van der Waals surface area contributed by atoms with Crippen LogP contribution in [0.3, 0.4) is 0 Å². The van der Waals surface area contributed by atoms with Crippen LogP contribution in [-0.2, 0) is 15.6 Å². The van der Waals surface area contributed by atoms with Crippen LogP contribution in [0.1, 0.15) is 51.0 Å². The van der Waals surface area contributed by atoms with Crippen LogP contribution < -0.4 is 10.6 Å². The number of rotatable bonds is 6. The van der Waals surface area contributed by atoms with Crippen molar-refractivity contribution >= 4 is 38.9 Å². The largest absolute Gasteiger partial charge is 0.365 e. The van der Waals surface area contributed by atoms with Crippen molar-refractivity contribution in [2.24, 2.45) is 23.2 Å². The first-order chi connectivity index (χ1) is 15.2. The second-order valence-electron chi connectivity index (χ2n) is 10.6. The summed E-state index contributed by atoms with van der Waals surface area (Å²) in [5.41, 5.74) is 1.97. The predicted molar refractivity (Wildman–Crippen MR) is 129 cm³/mol. The third-order valence-corrected chi connectivity index (χ3v) is 8.74. The number of nitrogens with one attached hydrogen (secondary N) is 2. The highest BCUT2D eigenvalue weighted by molar-refractivity contribution is 7.89. The van der Waals surface area contributed by atoms with E-state index in [1.54, 1.807) is 12.3 Å². The fourth-order valence-corrected chi connectivity index (χ4v) is 7.48. The second-order valence-corrected chi connectivity index (χ2v) is 13.1. The van der Waals surface area contributed by atoms with Gasteiger partial charge in [-0.3, -0.25) is 0 Å². The van der Waals surface area contributed by atoms with Crippen LogP contribution in [0, 0.1) is 23.2 Å². The van der Waals surface area contributed by atoms with Crippen molar-refractivity contribution in [3.63, 3.8) is 0 Å². The van der Waals surface area contributed by atoms with Crippen LogP contribution in [0.25, 0.3) is 0 Å². The topological polar surface area (TPSA) is 84.0 Å². The molecular formula is C24H31ClN4O2S. The van der Waals surface area contributed by atoms with Gasteiger partial charge in [-0.25, -0.2) is 13.4 Å². The van der Waals surface area contributed by atoms with E-state index in [2.05, 4.69) is 27.5 Å². The number of benzene rings is 1. The normalized spacial score (nSPS) is 31.3. The SMILES string of the molecule is CC12CCC3CC(CC(C1)C3Nc1nc(Nc3cccc(CS(C)(=O)=O)c3)ncc1Cl)C2. The maximum absolute atomic E-state index is 11.6. The minimum atomic E-state index is -3.10. The Balaban J connectivity index is 1.34. The molecule has 4 bridgehead atoms. The molecule has 0 amide bonds. The molecule has 6 nitrogen and oxygen atoms in total. The maximum atomic E-state index is 11.6. The molecule has 4 aliphatic carbocycles. The zero-order valence-electron chi connectivity index (χ0n) is 18.6. The first-order valence-corrected chi connectivity index (χ1v) is 13.9. The number of sulfone groups is 1. The first kappa shape index (κ1) is 22.0. The van der Waals surface area contributed by atoms with Crippen LogP contribution >= 0.6 is 11.6 Å². The lowest BCUT2D eigenvalue weighted by Gasteiger charge is -2.48. The number of hydrogen-bond donors (Lipinski definition) is 2. The van der Waals surface area contributed by atoms with Gasteiger partial charge in [0.15, 0.2) is 15.7 Å². The fourth-order valence-electron chi connectivity index (χ4n) is 6.55. The summed E-state index contributed by atoms with van der Waals surface area (Å²) in [7, 11) is -3.10. The highest BCUT2D eigenvalue weighted by Gasteiger charge is 2.50. The Morgan fingerprint density at radius 3 is 2.84 bits per heavy atom. The van der Waals surface area contributed by atoms with Crippen molar-refractivity contribution in [2.75, 3.05) is 16.9 Å². The van der Waals surface area contributed by atoms with E-state index in [4.69, 9.17) is 11.6 Å². The quantitative estimate of drug-likeness (QED) is 0.580. The Bertz CT molecular complexity index is 1120. The lowest BCUT2D eigenvalue weighted by molar-refractivity contribution is 0.0696. The summed E-state index contributed by atoms with van der Waals surface area (Å²) in [4.78, 5) is 9.03. The first-order valence-electron chi connectivity index (χ1n) is 11.5. The number of nitrogens with zero attached hydrogens (tertiary/aromatic N) is 2. The highest BCUT2D eigenvalue weighted by Crippen LogP contribution is 2.57. The molecule has 1 aromatic heterocycles. The van der Waals surface area contributed by atoms with Crippen LogP contribution in [0.15, 0.2) is 30.5 Å². The Morgan fingerprint density at radius 2 is 2.03 bits per heavy atom. The van der Waals surface area contributed by atoms with E-state index in [0.29, 0.717) is 40.1 Å². The minimum absolute atomic E-state index is 0.00116. The van der Waals surface area contributed by atoms with E-state index in [0.717, 1.165) is 17.2 Å². The number of halogens is 1. The Kier molecular flexibility index (Phi) is 5.61. The molecule has 0 radical (unpaired) electrons. The summed E-state index contributed by atoms with van der Waals surface area (Å²) >= 11 is 6.50. The van der Waals surface area contributed by atoms with Crippen LogP contribution in [0.2, 0.25) is 5.02 Å². The van der Waals surface area contributed by atoms with Crippen molar-refractivity contribution in [3.8, 4) is 0 Å². The molecule has 172 valence electrons. The zero-order chi connectivity index (χ0) is 22.5. The molecule has 2 N–H and O–H groups in total. The molecule has 1 aromatic carbocycles. The molecule has 0 spiro atoms. The van der Waals surface area contributed by atoms with Gasteiger partial charge in [-0.2, -0.15) is 4.98 Å². The molecule has 6 rings (SSSR count). The number of anilines is 3. The molecule has 0 saturated heterocycles. The van der Waals surface area contributed by atoms with Gasteiger partial charge in [-0.15, -0.1) is 0 Å². The Hall–Kier alpha value is -1.86. The molecule has 8 heteroatoms. The van der Waals surface area contributed by atoms with Crippen molar-refractivity contribution < 1.29 is 8.42 Å². The average molecular weight is 475 g/mol. The average Bonchev–Trinajstić information content (AvgIpc) is 2.86. The summed E-state index contributed by atoms with van der Waals surface area (Å²) in [6, 6.07) is 7.73.